The monoisotopic (exact) mass is 233 g/mol. The van der Waals surface area contributed by atoms with Crippen molar-refractivity contribution in [2.45, 2.75) is 31.9 Å². The van der Waals surface area contributed by atoms with Crippen molar-refractivity contribution in [3.8, 4) is 0 Å². The number of tetrazole rings is 1. The molecule has 1 unspecified atom stereocenters. The topological polar surface area (TPSA) is 89.8 Å². The van der Waals surface area contributed by atoms with Gasteiger partial charge >= 0.3 is 0 Å². The van der Waals surface area contributed by atoms with E-state index in [4.69, 9.17) is 0 Å². The fraction of sp³-hybridized carbons (Fsp3) is 0.857. The molecule has 1 rings (SSSR count). The maximum atomic E-state index is 11.7. The number of hydrogen-bond donors (Lipinski definition) is 1. The molecule has 0 amide bonds. The van der Waals surface area contributed by atoms with Crippen LogP contribution in [0.25, 0.3) is 0 Å². The van der Waals surface area contributed by atoms with Crippen molar-refractivity contribution in [1.29, 1.82) is 0 Å². The second-order valence-electron chi connectivity index (χ2n) is 3.37. The predicted molar refractivity (Wildman–Crippen MR) is 55.7 cm³/mol. The fourth-order valence-corrected chi connectivity index (χ4v) is 2.28. The zero-order chi connectivity index (χ0) is 11.5. The molecule has 0 saturated carbocycles. The lowest BCUT2D eigenvalue weighted by Crippen LogP contribution is -2.26. The van der Waals surface area contributed by atoms with E-state index in [0.717, 1.165) is 6.42 Å². The van der Waals surface area contributed by atoms with Gasteiger partial charge in [0.15, 0.2) is 0 Å². The third-order valence-corrected chi connectivity index (χ3v) is 3.84. The van der Waals surface area contributed by atoms with Crippen LogP contribution >= 0.6 is 0 Å². The van der Waals surface area contributed by atoms with E-state index in [9.17, 15) is 8.42 Å². The van der Waals surface area contributed by atoms with Crippen molar-refractivity contribution in [3.05, 3.63) is 0 Å². The highest BCUT2D eigenvalue weighted by atomic mass is 32.2. The second kappa shape index (κ2) is 4.56. The Balaban J connectivity index is 2.77. The van der Waals surface area contributed by atoms with E-state index in [-0.39, 0.29) is 5.95 Å². The van der Waals surface area contributed by atoms with Crippen LogP contribution in [-0.4, -0.2) is 33.9 Å². The summed E-state index contributed by atoms with van der Waals surface area (Å²) in [6, 6.07) is 0. The van der Waals surface area contributed by atoms with Gasteiger partial charge in [0.05, 0.1) is 5.25 Å². The lowest BCUT2D eigenvalue weighted by molar-refractivity contribution is 0.580. The van der Waals surface area contributed by atoms with Gasteiger partial charge in [-0.3, -0.25) is 0 Å². The smallest absolute Gasteiger partial charge is 0.250 e. The van der Waals surface area contributed by atoms with Crippen LogP contribution < -0.4 is 4.72 Å². The Bertz CT molecular complexity index is 413. The number of hydrogen-bond acceptors (Lipinski definition) is 5. The summed E-state index contributed by atoms with van der Waals surface area (Å²) in [5.41, 5.74) is 0. The van der Waals surface area contributed by atoms with Crippen LogP contribution in [0.1, 0.15) is 26.7 Å². The largest absolute Gasteiger partial charge is 0.256 e. The van der Waals surface area contributed by atoms with E-state index >= 15 is 0 Å². The third-order valence-electron chi connectivity index (χ3n) is 2.08. The van der Waals surface area contributed by atoms with Crippen molar-refractivity contribution in [2.24, 2.45) is 7.05 Å². The van der Waals surface area contributed by atoms with Gasteiger partial charge in [0.25, 0.3) is 5.95 Å². The average Bonchev–Trinajstić information content (AvgIpc) is 2.52. The Kier molecular flexibility index (Phi) is 3.61. The molecular weight excluding hydrogens is 218 g/mol. The van der Waals surface area contributed by atoms with E-state index in [0.29, 0.717) is 6.42 Å². The Morgan fingerprint density at radius 3 is 2.67 bits per heavy atom. The average molecular weight is 233 g/mol. The number of anilines is 1. The van der Waals surface area contributed by atoms with E-state index in [1.165, 1.54) is 4.68 Å². The summed E-state index contributed by atoms with van der Waals surface area (Å²) in [4.78, 5) is 0. The fourth-order valence-electron chi connectivity index (χ4n) is 1.11. The Morgan fingerprint density at radius 1 is 1.53 bits per heavy atom. The molecule has 0 radical (unpaired) electrons. The first-order chi connectivity index (χ1) is 6.97. The van der Waals surface area contributed by atoms with Crippen LogP contribution in [0, 0.1) is 0 Å². The highest BCUT2D eigenvalue weighted by molar-refractivity contribution is 7.93. The molecule has 1 atom stereocenters. The van der Waals surface area contributed by atoms with E-state index in [1.807, 2.05) is 6.92 Å². The molecule has 1 heterocycles. The molecule has 7 nitrogen and oxygen atoms in total. The molecule has 0 bridgehead atoms. The van der Waals surface area contributed by atoms with Crippen molar-refractivity contribution in [1.82, 2.24) is 20.2 Å². The van der Waals surface area contributed by atoms with Gasteiger partial charge in [-0.1, -0.05) is 18.4 Å². The highest BCUT2D eigenvalue weighted by Crippen LogP contribution is 2.10. The molecule has 86 valence electrons. The number of rotatable bonds is 5. The maximum Gasteiger partial charge on any atom is 0.256 e. The number of aryl methyl sites for hydroxylation is 1. The summed E-state index contributed by atoms with van der Waals surface area (Å²) in [6.45, 7) is 3.60. The van der Waals surface area contributed by atoms with Crippen molar-refractivity contribution >= 4 is 16.0 Å². The van der Waals surface area contributed by atoms with Crippen LogP contribution in [0.5, 0.6) is 0 Å². The summed E-state index contributed by atoms with van der Waals surface area (Å²) in [5, 5.41) is 9.99. The Hall–Kier alpha value is -1.18. The van der Waals surface area contributed by atoms with Gasteiger partial charge < -0.3 is 0 Å². The molecular formula is C7H15N5O2S. The molecule has 0 aliphatic heterocycles. The molecule has 15 heavy (non-hydrogen) atoms. The van der Waals surface area contributed by atoms with Crippen LogP contribution in [0.4, 0.5) is 5.95 Å². The first kappa shape index (κ1) is 11.9. The first-order valence-electron chi connectivity index (χ1n) is 4.71. The zero-order valence-corrected chi connectivity index (χ0v) is 9.82. The molecule has 1 aromatic rings. The number of nitrogens with zero attached hydrogens (tertiary/aromatic N) is 4. The minimum Gasteiger partial charge on any atom is -0.250 e. The first-order valence-corrected chi connectivity index (χ1v) is 6.26. The Labute approximate surface area is 88.9 Å². The lowest BCUT2D eigenvalue weighted by Gasteiger charge is -2.12. The van der Waals surface area contributed by atoms with Crippen LogP contribution in [-0.2, 0) is 17.1 Å². The zero-order valence-electron chi connectivity index (χ0n) is 9.01. The van der Waals surface area contributed by atoms with E-state index in [1.54, 1.807) is 14.0 Å². The molecule has 0 aromatic carbocycles. The van der Waals surface area contributed by atoms with Crippen molar-refractivity contribution in [3.63, 3.8) is 0 Å². The molecule has 0 spiro atoms. The summed E-state index contributed by atoms with van der Waals surface area (Å²) < 4.78 is 27.1. The highest BCUT2D eigenvalue weighted by Gasteiger charge is 2.21. The van der Waals surface area contributed by atoms with Gasteiger partial charge in [-0.2, -0.15) is 0 Å². The second-order valence-corrected chi connectivity index (χ2v) is 5.47. The maximum absolute atomic E-state index is 11.7. The van der Waals surface area contributed by atoms with Gasteiger partial charge in [0.1, 0.15) is 0 Å². The SMILES string of the molecule is CCCC(C)S(=O)(=O)Nc1nnnn1C. The van der Waals surface area contributed by atoms with Gasteiger partial charge in [0, 0.05) is 7.05 Å². The predicted octanol–water partition coefficient (Wildman–Crippen LogP) is 0.140. The van der Waals surface area contributed by atoms with Gasteiger partial charge in [-0.15, -0.1) is 0 Å². The number of aromatic nitrogens is 4. The van der Waals surface area contributed by atoms with Gasteiger partial charge in [-0.25, -0.2) is 17.8 Å². The minimum absolute atomic E-state index is 0.137. The lowest BCUT2D eigenvalue weighted by atomic mass is 10.3. The molecule has 1 aromatic heterocycles. The van der Waals surface area contributed by atoms with Crippen LogP contribution in [0.2, 0.25) is 0 Å². The van der Waals surface area contributed by atoms with E-state index in [2.05, 4.69) is 20.2 Å². The summed E-state index contributed by atoms with van der Waals surface area (Å²) in [7, 11) is -1.81. The van der Waals surface area contributed by atoms with E-state index < -0.39 is 15.3 Å². The van der Waals surface area contributed by atoms with Crippen LogP contribution in [0.3, 0.4) is 0 Å². The molecule has 0 aliphatic rings. The quantitative estimate of drug-likeness (QED) is 0.781. The normalized spacial score (nSPS) is 13.8. The number of sulfonamides is 1. The molecule has 8 heteroatoms. The van der Waals surface area contributed by atoms with Gasteiger partial charge in [-0.05, 0) is 23.8 Å². The van der Waals surface area contributed by atoms with Gasteiger partial charge in [0.2, 0.25) is 10.0 Å². The van der Waals surface area contributed by atoms with Crippen LogP contribution in [0.15, 0.2) is 0 Å². The third kappa shape index (κ3) is 2.88. The molecule has 0 aliphatic carbocycles. The molecule has 0 saturated heterocycles. The number of nitrogens with one attached hydrogen (secondary N) is 1. The summed E-state index contributed by atoms with van der Waals surface area (Å²) in [5.74, 6) is 0.137. The van der Waals surface area contributed by atoms with Crippen molar-refractivity contribution < 1.29 is 8.42 Å². The summed E-state index contributed by atoms with van der Waals surface area (Å²) in [6.07, 6.45) is 1.43. The standard InChI is InChI=1S/C7H15N5O2S/c1-4-5-6(2)15(13,14)9-7-8-10-11-12(7)3/h6H,4-5H2,1-3H3,(H,8,9,11). The summed E-state index contributed by atoms with van der Waals surface area (Å²) >= 11 is 0. The molecule has 0 fully saturated rings. The Morgan fingerprint density at radius 2 is 2.20 bits per heavy atom. The molecule has 1 N–H and O–H groups in total. The minimum atomic E-state index is -3.38. The van der Waals surface area contributed by atoms with Crippen molar-refractivity contribution in [2.75, 3.05) is 4.72 Å².